The van der Waals surface area contributed by atoms with Gasteiger partial charge in [0.05, 0.1) is 17.1 Å². The fraction of sp³-hybridized carbons (Fsp3) is 0.420. The van der Waals surface area contributed by atoms with Crippen LogP contribution in [0.3, 0.4) is 0 Å². The van der Waals surface area contributed by atoms with Crippen molar-refractivity contribution in [1.82, 2.24) is 29.6 Å². The number of piperidine rings is 3. The number of likely N-dealkylation sites (tertiary alicyclic amines) is 2. The van der Waals surface area contributed by atoms with Gasteiger partial charge in [-0.2, -0.15) is 0 Å². The monoisotopic (exact) mass is 836 g/mol. The second-order valence-electron chi connectivity index (χ2n) is 17.4. The lowest BCUT2D eigenvalue weighted by Crippen LogP contribution is -2.44. The van der Waals surface area contributed by atoms with E-state index in [0.29, 0.717) is 42.9 Å². The maximum atomic E-state index is 13.2. The number of imidazole rings is 1. The van der Waals surface area contributed by atoms with Crippen molar-refractivity contribution in [3.8, 4) is 17.6 Å². The number of hydrogen-bond acceptors (Lipinski definition) is 7. The standard InChI is InChI=1S/C50H56N6O6/c1-32-11-16-38(57)31-42(32)48(60)51-33(2)39-17-14-36(40-8-4-5-9-41(39)40)13-12-34-21-26-54(27-22-34)25-7-6-10-47(59)55-28-23-35(24-29-55)37-15-18-43-45(30-37)53(3)50(62)56(43)44-19-20-46(58)52-49(44)61/h4-5,8-9,11,14-18,30-31,33-35,44,57H,6-7,10,19-29H2,1-3H3,(H,51,60)(H,52,58,61)/t33-,44?/m1/s1. The molecule has 1 aromatic heterocycles. The summed E-state index contributed by atoms with van der Waals surface area (Å²) in [4.78, 5) is 68.3. The van der Waals surface area contributed by atoms with Crippen LogP contribution in [0.15, 0.2) is 77.6 Å². The summed E-state index contributed by atoms with van der Waals surface area (Å²) >= 11 is 0. The largest absolute Gasteiger partial charge is 0.508 e. The predicted molar refractivity (Wildman–Crippen MR) is 240 cm³/mol. The van der Waals surface area contributed by atoms with Gasteiger partial charge in [0.15, 0.2) is 0 Å². The number of fused-ring (bicyclic) bond motifs is 2. The van der Waals surface area contributed by atoms with Gasteiger partial charge in [0, 0.05) is 50.0 Å². The molecule has 8 rings (SSSR count). The average Bonchev–Trinajstić information content (AvgIpc) is 3.52. The van der Waals surface area contributed by atoms with Crippen molar-refractivity contribution in [2.24, 2.45) is 13.0 Å². The second-order valence-corrected chi connectivity index (χ2v) is 17.4. The van der Waals surface area contributed by atoms with E-state index >= 15 is 0 Å². The van der Waals surface area contributed by atoms with Crippen LogP contribution in [0, 0.1) is 24.7 Å². The molecule has 0 aliphatic carbocycles. The number of rotatable bonds is 10. The van der Waals surface area contributed by atoms with Crippen molar-refractivity contribution in [3.05, 3.63) is 111 Å². The molecule has 2 atom stereocenters. The Morgan fingerprint density at radius 2 is 1.63 bits per heavy atom. The Morgan fingerprint density at radius 1 is 0.871 bits per heavy atom. The molecule has 12 nitrogen and oxygen atoms in total. The molecule has 3 saturated heterocycles. The molecule has 5 aromatic rings. The molecule has 1 unspecified atom stereocenters. The molecule has 0 bridgehead atoms. The number of phenols is 1. The third-order valence-electron chi connectivity index (χ3n) is 13.3. The number of hydrogen-bond donors (Lipinski definition) is 3. The van der Waals surface area contributed by atoms with Gasteiger partial charge in [-0.3, -0.25) is 33.6 Å². The maximum Gasteiger partial charge on any atom is 0.329 e. The SMILES string of the molecule is Cc1ccc(O)cc1C(=O)N[C@H](C)c1ccc(C#CC2CCN(CCCCC(=O)N3CCC(c4ccc5c(c4)n(C)c(=O)n5C4CCC(=O)NC4=O)CC3)CC2)c2ccccc12. The number of imide groups is 1. The number of aromatic hydroxyl groups is 1. The molecule has 4 amide bonds. The number of nitrogens with one attached hydrogen (secondary N) is 2. The molecular formula is C50H56N6O6. The molecule has 4 aromatic carbocycles. The van der Waals surface area contributed by atoms with Gasteiger partial charge in [-0.1, -0.05) is 54.3 Å². The topological polar surface area (TPSA) is 146 Å². The van der Waals surface area contributed by atoms with Gasteiger partial charge in [-0.25, -0.2) is 4.79 Å². The average molecular weight is 837 g/mol. The smallest absolute Gasteiger partial charge is 0.329 e. The number of carbonyl (C=O) groups excluding carboxylic acids is 4. The number of unbranched alkanes of at least 4 members (excludes halogenated alkanes) is 1. The van der Waals surface area contributed by atoms with E-state index in [2.05, 4.69) is 51.6 Å². The first kappa shape index (κ1) is 42.5. The molecule has 3 fully saturated rings. The summed E-state index contributed by atoms with van der Waals surface area (Å²) in [6, 6.07) is 22.2. The van der Waals surface area contributed by atoms with Gasteiger partial charge >= 0.3 is 5.69 Å². The van der Waals surface area contributed by atoms with E-state index in [1.807, 2.05) is 49.1 Å². The molecule has 0 saturated carbocycles. The molecule has 4 heterocycles. The summed E-state index contributed by atoms with van der Waals surface area (Å²) in [5.41, 5.74) is 5.58. The zero-order valence-electron chi connectivity index (χ0n) is 35.9. The predicted octanol–water partition coefficient (Wildman–Crippen LogP) is 6.62. The number of carbonyl (C=O) groups is 4. The van der Waals surface area contributed by atoms with Gasteiger partial charge in [-0.05, 0) is 142 Å². The van der Waals surface area contributed by atoms with E-state index in [0.717, 1.165) is 96.7 Å². The quantitative estimate of drug-likeness (QED) is 0.0815. The highest BCUT2D eigenvalue weighted by Gasteiger charge is 2.32. The van der Waals surface area contributed by atoms with E-state index in [-0.39, 0.29) is 47.5 Å². The highest BCUT2D eigenvalue weighted by Crippen LogP contribution is 2.32. The lowest BCUT2D eigenvalue weighted by Gasteiger charge is -2.32. The number of aryl methyl sites for hydroxylation is 2. The lowest BCUT2D eigenvalue weighted by atomic mass is 9.89. The van der Waals surface area contributed by atoms with Crippen LogP contribution >= 0.6 is 0 Å². The number of nitrogens with zero attached hydrogens (tertiary/aromatic N) is 4. The first-order valence-electron chi connectivity index (χ1n) is 22.1. The van der Waals surface area contributed by atoms with Crippen molar-refractivity contribution < 1.29 is 24.3 Å². The van der Waals surface area contributed by atoms with Crippen LogP contribution in [-0.2, 0) is 21.4 Å². The van der Waals surface area contributed by atoms with Crippen molar-refractivity contribution in [1.29, 1.82) is 0 Å². The fourth-order valence-electron chi connectivity index (χ4n) is 9.59. The summed E-state index contributed by atoms with van der Waals surface area (Å²) < 4.78 is 3.09. The highest BCUT2D eigenvalue weighted by atomic mass is 16.3. The minimum atomic E-state index is -0.705. The van der Waals surface area contributed by atoms with E-state index in [4.69, 9.17) is 0 Å². The van der Waals surface area contributed by atoms with E-state index in [1.54, 1.807) is 23.7 Å². The third kappa shape index (κ3) is 9.04. The minimum absolute atomic E-state index is 0.0650. The van der Waals surface area contributed by atoms with Crippen molar-refractivity contribution in [2.45, 2.75) is 89.6 Å². The van der Waals surface area contributed by atoms with E-state index in [1.165, 1.54) is 10.6 Å². The summed E-state index contributed by atoms with van der Waals surface area (Å²) in [5, 5.41) is 17.5. The van der Waals surface area contributed by atoms with E-state index in [9.17, 15) is 29.1 Å². The van der Waals surface area contributed by atoms with Gasteiger partial charge in [0.2, 0.25) is 17.7 Å². The molecule has 0 spiro atoms. The Labute approximate surface area is 362 Å². The van der Waals surface area contributed by atoms with Gasteiger partial charge in [0.25, 0.3) is 5.91 Å². The van der Waals surface area contributed by atoms with Crippen LogP contribution < -0.4 is 16.3 Å². The van der Waals surface area contributed by atoms with Crippen LogP contribution in [0.2, 0.25) is 0 Å². The zero-order chi connectivity index (χ0) is 43.5. The van der Waals surface area contributed by atoms with Crippen LogP contribution in [0.1, 0.15) is 115 Å². The normalized spacial score (nSPS) is 18.4. The summed E-state index contributed by atoms with van der Waals surface area (Å²) in [7, 11) is 1.72. The van der Waals surface area contributed by atoms with Gasteiger partial charge in [-0.15, -0.1) is 0 Å². The Hall–Kier alpha value is -6.19. The van der Waals surface area contributed by atoms with Crippen molar-refractivity contribution >= 4 is 45.4 Å². The molecular weight excluding hydrogens is 781 g/mol. The van der Waals surface area contributed by atoms with Crippen molar-refractivity contribution in [2.75, 3.05) is 32.7 Å². The number of aromatic nitrogens is 2. The molecule has 0 radical (unpaired) electrons. The molecule has 322 valence electrons. The highest BCUT2D eigenvalue weighted by molar-refractivity contribution is 6.00. The number of benzene rings is 4. The maximum absolute atomic E-state index is 13.2. The zero-order valence-corrected chi connectivity index (χ0v) is 35.9. The molecule has 3 aliphatic rings. The number of amides is 4. The molecule has 62 heavy (non-hydrogen) atoms. The summed E-state index contributed by atoms with van der Waals surface area (Å²) in [6.45, 7) is 8.24. The van der Waals surface area contributed by atoms with Crippen LogP contribution in [-0.4, -0.2) is 80.4 Å². The first-order valence-corrected chi connectivity index (χ1v) is 22.1. The molecule has 3 N–H and O–H groups in total. The third-order valence-corrected chi connectivity index (χ3v) is 13.3. The Kier molecular flexibility index (Phi) is 12.6. The molecule has 12 heteroatoms. The van der Waals surface area contributed by atoms with E-state index < -0.39 is 11.9 Å². The Bertz CT molecular complexity index is 2650. The van der Waals surface area contributed by atoms with Crippen LogP contribution in [0.5, 0.6) is 5.75 Å². The minimum Gasteiger partial charge on any atom is -0.508 e. The molecule has 3 aliphatic heterocycles. The second kappa shape index (κ2) is 18.4. The van der Waals surface area contributed by atoms with Crippen molar-refractivity contribution in [3.63, 3.8) is 0 Å². The fourth-order valence-corrected chi connectivity index (χ4v) is 9.59. The van der Waals surface area contributed by atoms with Crippen LogP contribution in [0.4, 0.5) is 0 Å². The van der Waals surface area contributed by atoms with Gasteiger partial charge < -0.3 is 20.2 Å². The van der Waals surface area contributed by atoms with Gasteiger partial charge in [0.1, 0.15) is 11.8 Å². The van der Waals surface area contributed by atoms with Crippen LogP contribution in [0.25, 0.3) is 21.8 Å². The lowest BCUT2D eigenvalue weighted by molar-refractivity contribution is -0.136. The Balaban J connectivity index is 0.773. The summed E-state index contributed by atoms with van der Waals surface area (Å²) in [5.74, 6) is 6.98. The Morgan fingerprint density at radius 3 is 2.39 bits per heavy atom. The summed E-state index contributed by atoms with van der Waals surface area (Å²) in [6.07, 6.45) is 6.68. The number of phenolic OH excluding ortho intramolecular Hbond substituents is 1. The first-order chi connectivity index (χ1) is 29.9.